The molecule has 3 atom stereocenters. The molecule has 2 saturated heterocycles. The van der Waals surface area contributed by atoms with Crippen LogP contribution in [-0.2, 0) is 9.47 Å². The average molecular weight is 336 g/mol. The zero-order valence-electron chi connectivity index (χ0n) is 14.1. The summed E-state index contributed by atoms with van der Waals surface area (Å²) in [6.07, 6.45) is -1.77. The summed E-state index contributed by atoms with van der Waals surface area (Å²) < 4.78 is 38.0. The Kier molecular flexibility index (Phi) is 5.18. The Labute approximate surface area is 135 Å². The first-order valence-corrected chi connectivity index (χ1v) is 7.82. The lowest BCUT2D eigenvalue weighted by Gasteiger charge is -2.32. The molecular formula is C15H26F2N2O4. The molecule has 2 fully saturated rings. The quantitative estimate of drug-likeness (QED) is 0.842. The molecule has 6 nitrogen and oxygen atoms in total. The Morgan fingerprint density at radius 3 is 2.61 bits per heavy atom. The van der Waals surface area contributed by atoms with Crippen molar-refractivity contribution in [1.29, 1.82) is 0 Å². The number of rotatable bonds is 3. The van der Waals surface area contributed by atoms with Crippen molar-refractivity contribution in [3.05, 3.63) is 0 Å². The van der Waals surface area contributed by atoms with Crippen LogP contribution in [0, 0.1) is 0 Å². The molecular weight excluding hydrogens is 310 g/mol. The van der Waals surface area contributed by atoms with Gasteiger partial charge in [-0.2, -0.15) is 0 Å². The Morgan fingerprint density at radius 1 is 1.43 bits per heavy atom. The monoisotopic (exact) mass is 336 g/mol. The zero-order valence-corrected chi connectivity index (χ0v) is 14.1. The van der Waals surface area contributed by atoms with Gasteiger partial charge in [-0.15, -0.1) is 0 Å². The normalized spacial score (nSPS) is 31.0. The fourth-order valence-corrected chi connectivity index (χ4v) is 3.02. The van der Waals surface area contributed by atoms with Crippen LogP contribution in [0.2, 0.25) is 0 Å². The topological polar surface area (TPSA) is 62.2 Å². The molecule has 134 valence electrons. The maximum atomic E-state index is 13.8. The number of carbonyl (C=O) groups excluding carboxylic acids is 1. The minimum Gasteiger partial charge on any atom is -0.444 e. The molecule has 2 aliphatic rings. The molecule has 0 radical (unpaired) electrons. The van der Waals surface area contributed by atoms with Crippen LogP contribution in [0.1, 0.15) is 27.2 Å². The number of halogens is 2. The minimum absolute atomic E-state index is 0.236. The van der Waals surface area contributed by atoms with Crippen LogP contribution in [0.15, 0.2) is 0 Å². The van der Waals surface area contributed by atoms with E-state index >= 15 is 0 Å². The van der Waals surface area contributed by atoms with Gasteiger partial charge in [0, 0.05) is 13.0 Å². The van der Waals surface area contributed by atoms with Crippen molar-refractivity contribution in [3.63, 3.8) is 0 Å². The van der Waals surface area contributed by atoms with Crippen LogP contribution >= 0.6 is 0 Å². The molecule has 2 rings (SSSR count). The van der Waals surface area contributed by atoms with Crippen molar-refractivity contribution in [3.8, 4) is 0 Å². The first-order chi connectivity index (χ1) is 10.5. The van der Waals surface area contributed by atoms with E-state index in [2.05, 4.69) is 0 Å². The van der Waals surface area contributed by atoms with Gasteiger partial charge in [0.25, 0.3) is 5.92 Å². The number of likely N-dealkylation sites (tertiary alicyclic amines) is 1. The third-order valence-corrected chi connectivity index (χ3v) is 4.09. The van der Waals surface area contributed by atoms with E-state index < -0.39 is 42.7 Å². The highest BCUT2D eigenvalue weighted by atomic mass is 19.3. The van der Waals surface area contributed by atoms with Gasteiger partial charge in [0.1, 0.15) is 5.60 Å². The lowest BCUT2D eigenvalue weighted by molar-refractivity contribution is -0.00286. The lowest BCUT2D eigenvalue weighted by atomic mass is 10.1. The number of likely N-dealkylation sites (N-methyl/N-ethyl adjacent to an activating group) is 1. The fraction of sp³-hybridized carbons (Fsp3) is 0.933. The second-order valence-electron chi connectivity index (χ2n) is 7.43. The highest BCUT2D eigenvalue weighted by Gasteiger charge is 2.49. The Hall–Kier alpha value is -0.990. The van der Waals surface area contributed by atoms with Gasteiger partial charge in [0.2, 0.25) is 0 Å². The molecule has 2 heterocycles. The molecule has 2 aliphatic heterocycles. The van der Waals surface area contributed by atoms with E-state index in [4.69, 9.17) is 9.47 Å². The van der Waals surface area contributed by atoms with Crippen molar-refractivity contribution < 1.29 is 28.2 Å². The lowest BCUT2D eigenvalue weighted by Crippen LogP contribution is -2.49. The van der Waals surface area contributed by atoms with Gasteiger partial charge in [-0.1, -0.05) is 0 Å². The van der Waals surface area contributed by atoms with E-state index in [1.807, 2.05) is 0 Å². The number of nitrogens with zero attached hydrogens (tertiary/aromatic N) is 2. The average Bonchev–Trinajstić information content (AvgIpc) is 2.90. The van der Waals surface area contributed by atoms with Gasteiger partial charge < -0.3 is 14.6 Å². The van der Waals surface area contributed by atoms with Gasteiger partial charge >= 0.3 is 6.09 Å². The summed E-state index contributed by atoms with van der Waals surface area (Å²) in [6.45, 7) is 5.30. The molecule has 0 saturated carbocycles. The third kappa shape index (κ3) is 4.74. The maximum Gasteiger partial charge on any atom is 0.410 e. The Balaban J connectivity index is 2.03. The standard InChI is InChI=1S/C15H26F2N2O4/c1-14(2,3)23-13(21)19-9-15(16,17)5-10(19)6-18(4)11-7-22-8-12(11)20/h10-12,20H,5-9H2,1-4H3/t10?,11-,12-/m1/s1. The van der Waals surface area contributed by atoms with Gasteiger partial charge in [0.15, 0.2) is 0 Å². The van der Waals surface area contributed by atoms with E-state index in [9.17, 15) is 18.7 Å². The number of aliphatic hydroxyl groups excluding tert-OH is 1. The number of hydrogen-bond acceptors (Lipinski definition) is 5. The summed E-state index contributed by atoms with van der Waals surface area (Å²) in [7, 11) is 1.74. The van der Waals surface area contributed by atoms with Crippen LogP contribution < -0.4 is 0 Å². The van der Waals surface area contributed by atoms with E-state index in [1.165, 1.54) is 0 Å². The molecule has 0 aromatic heterocycles. The number of carbonyl (C=O) groups is 1. The van der Waals surface area contributed by atoms with Crippen molar-refractivity contribution in [2.45, 2.75) is 56.9 Å². The number of hydrogen-bond donors (Lipinski definition) is 1. The molecule has 8 heteroatoms. The molecule has 0 spiro atoms. The Bertz CT molecular complexity index is 442. The van der Waals surface area contributed by atoms with E-state index in [-0.39, 0.29) is 19.2 Å². The largest absolute Gasteiger partial charge is 0.444 e. The molecule has 23 heavy (non-hydrogen) atoms. The fourth-order valence-electron chi connectivity index (χ4n) is 3.02. The second-order valence-corrected chi connectivity index (χ2v) is 7.43. The third-order valence-electron chi connectivity index (χ3n) is 4.09. The smallest absolute Gasteiger partial charge is 0.410 e. The molecule has 1 amide bonds. The molecule has 0 bridgehead atoms. The number of amides is 1. The molecule has 1 N–H and O–H groups in total. The molecule has 0 aromatic carbocycles. The van der Waals surface area contributed by atoms with E-state index in [1.54, 1.807) is 32.7 Å². The van der Waals surface area contributed by atoms with E-state index in [0.717, 1.165) is 4.90 Å². The van der Waals surface area contributed by atoms with Gasteiger partial charge in [-0.3, -0.25) is 9.80 Å². The van der Waals surface area contributed by atoms with Crippen molar-refractivity contribution in [1.82, 2.24) is 9.80 Å². The van der Waals surface area contributed by atoms with Crippen LogP contribution in [0.25, 0.3) is 0 Å². The first kappa shape index (κ1) is 18.4. The highest BCUT2D eigenvalue weighted by Crippen LogP contribution is 2.33. The van der Waals surface area contributed by atoms with Crippen LogP contribution in [0.4, 0.5) is 13.6 Å². The van der Waals surface area contributed by atoms with Gasteiger partial charge in [-0.25, -0.2) is 13.6 Å². The van der Waals surface area contributed by atoms with Gasteiger partial charge in [0.05, 0.1) is 37.9 Å². The number of alkyl halides is 2. The van der Waals surface area contributed by atoms with Crippen LogP contribution in [0.5, 0.6) is 0 Å². The van der Waals surface area contributed by atoms with Crippen molar-refractivity contribution in [2.24, 2.45) is 0 Å². The van der Waals surface area contributed by atoms with Crippen LogP contribution in [0.3, 0.4) is 0 Å². The predicted octanol–water partition coefficient (Wildman–Crippen LogP) is 1.32. The molecule has 0 aromatic rings. The predicted molar refractivity (Wildman–Crippen MR) is 79.5 cm³/mol. The van der Waals surface area contributed by atoms with Crippen LogP contribution in [-0.4, -0.2) is 84.1 Å². The zero-order chi connectivity index (χ0) is 17.4. The summed E-state index contributed by atoms with van der Waals surface area (Å²) in [4.78, 5) is 15.1. The summed E-state index contributed by atoms with van der Waals surface area (Å²) in [6, 6.07) is -0.901. The number of ether oxygens (including phenoxy) is 2. The summed E-state index contributed by atoms with van der Waals surface area (Å²) in [5, 5.41) is 9.84. The van der Waals surface area contributed by atoms with E-state index in [0.29, 0.717) is 6.61 Å². The number of aliphatic hydroxyl groups is 1. The maximum absolute atomic E-state index is 13.8. The summed E-state index contributed by atoms with van der Waals surface area (Å²) in [5.41, 5.74) is -0.735. The van der Waals surface area contributed by atoms with Crippen molar-refractivity contribution in [2.75, 3.05) is 33.4 Å². The molecule has 0 aliphatic carbocycles. The van der Waals surface area contributed by atoms with Gasteiger partial charge in [-0.05, 0) is 27.8 Å². The highest BCUT2D eigenvalue weighted by molar-refractivity contribution is 5.69. The molecule has 1 unspecified atom stereocenters. The van der Waals surface area contributed by atoms with Crippen molar-refractivity contribution >= 4 is 6.09 Å². The SMILES string of the molecule is CN(CC1CC(F)(F)CN1C(=O)OC(C)(C)C)[C@@H]1COC[C@H]1O. The minimum atomic E-state index is -2.92. The summed E-state index contributed by atoms with van der Waals surface area (Å²) >= 11 is 0. The first-order valence-electron chi connectivity index (χ1n) is 7.82. The Morgan fingerprint density at radius 2 is 2.09 bits per heavy atom. The second kappa shape index (κ2) is 6.49. The summed E-state index contributed by atoms with van der Waals surface area (Å²) in [5.74, 6) is -2.92.